The summed E-state index contributed by atoms with van der Waals surface area (Å²) in [4.78, 5) is 26.9. The van der Waals surface area contributed by atoms with Crippen LogP contribution in [0.1, 0.15) is 32.4 Å². The van der Waals surface area contributed by atoms with Crippen molar-refractivity contribution in [1.29, 1.82) is 0 Å². The van der Waals surface area contributed by atoms with Gasteiger partial charge in [-0.3, -0.25) is 9.59 Å². The highest BCUT2D eigenvalue weighted by atomic mass is 32.2. The van der Waals surface area contributed by atoms with Crippen LogP contribution in [-0.4, -0.2) is 41.9 Å². The molecule has 1 N–H and O–H groups in total. The van der Waals surface area contributed by atoms with E-state index >= 15 is 0 Å². The maximum absolute atomic E-state index is 12.6. The van der Waals surface area contributed by atoms with Gasteiger partial charge in [-0.05, 0) is 35.4 Å². The van der Waals surface area contributed by atoms with Gasteiger partial charge in [-0.25, -0.2) is 5.43 Å². The minimum atomic E-state index is -0.318. The number of para-hydroxylation sites is 1. The number of carbonyl (C=O) groups is 2. The molecule has 0 spiro atoms. The Hall–Kier alpha value is -3.78. The Morgan fingerprint density at radius 1 is 1.03 bits per heavy atom. The molecule has 34 heavy (non-hydrogen) atoms. The molecule has 172 valence electrons. The van der Waals surface area contributed by atoms with Gasteiger partial charge in [-0.1, -0.05) is 48.5 Å². The lowest BCUT2D eigenvalue weighted by Crippen LogP contribution is -2.27. The standard InChI is InChI=1S/C26H23N3O4S/c30-23-17-34-26(29(23)16-18-5-2-1-3-6-18)20-11-9-19(10-12-20)25(31)28-27-15-21-7-4-8-22-24(21)33-14-13-32-22/h1-12,15,26H,13-14,16-17H2,(H,28,31)/b27-15+. The molecule has 7 nitrogen and oxygen atoms in total. The molecule has 1 unspecified atom stereocenters. The summed E-state index contributed by atoms with van der Waals surface area (Å²) in [6.07, 6.45) is 1.54. The van der Waals surface area contributed by atoms with Gasteiger partial charge in [0.05, 0.1) is 12.0 Å². The van der Waals surface area contributed by atoms with Crippen molar-refractivity contribution in [3.63, 3.8) is 0 Å². The lowest BCUT2D eigenvalue weighted by Gasteiger charge is -2.24. The maximum atomic E-state index is 12.6. The maximum Gasteiger partial charge on any atom is 0.271 e. The molecule has 2 amide bonds. The van der Waals surface area contributed by atoms with Crippen molar-refractivity contribution in [1.82, 2.24) is 10.3 Å². The first-order valence-corrected chi connectivity index (χ1v) is 12.0. The predicted octanol–water partition coefficient (Wildman–Crippen LogP) is 4.00. The summed E-state index contributed by atoms with van der Waals surface area (Å²) in [5.74, 6) is 1.54. The third kappa shape index (κ3) is 4.77. The van der Waals surface area contributed by atoms with Gasteiger partial charge in [0.1, 0.15) is 18.6 Å². The number of benzene rings is 3. The van der Waals surface area contributed by atoms with Crippen LogP contribution in [0, 0.1) is 0 Å². The highest BCUT2D eigenvalue weighted by Gasteiger charge is 2.32. The van der Waals surface area contributed by atoms with E-state index < -0.39 is 0 Å². The number of ether oxygens (including phenoxy) is 2. The predicted molar refractivity (Wildman–Crippen MR) is 131 cm³/mol. The summed E-state index contributed by atoms with van der Waals surface area (Å²) in [6.45, 7) is 1.55. The Kier molecular flexibility index (Phi) is 6.49. The molecule has 1 fully saturated rings. The first-order chi connectivity index (χ1) is 16.7. The Morgan fingerprint density at radius 3 is 2.65 bits per heavy atom. The van der Waals surface area contributed by atoms with Gasteiger partial charge in [-0.15, -0.1) is 11.8 Å². The van der Waals surface area contributed by atoms with Crippen molar-refractivity contribution in [3.8, 4) is 11.5 Å². The van der Waals surface area contributed by atoms with Crippen LogP contribution in [0.5, 0.6) is 11.5 Å². The van der Waals surface area contributed by atoms with Crippen LogP contribution in [-0.2, 0) is 11.3 Å². The number of thioether (sulfide) groups is 1. The molecule has 2 aliphatic rings. The summed E-state index contributed by atoms with van der Waals surface area (Å²) in [5.41, 5.74) is 5.85. The van der Waals surface area contributed by atoms with E-state index in [2.05, 4.69) is 10.5 Å². The van der Waals surface area contributed by atoms with E-state index in [1.807, 2.05) is 65.6 Å². The van der Waals surface area contributed by atoms with Gasteiger partial charge in [0.15, 0.2) is 11.5 Å². The van der Waals surface area contributed by atoms with Gasteiger partial charge < -0.3 is 14.4 Å². The summed E-state index contributed by atoms with van der Waals surface area (Å²) < 4.78 is 11.2. The first-order valence-electron chi connectivity index (χ1n) is 11.0. The average molecular weight is 474 g/mol. The lowest BCUT2D eigenvalue weighted by atomic mass is 10.1. The van der Waals surface area contributed by atoms with E-state index in [-0.39, 0.29) is 17.2 Å². The van der Waals surface area contributed by atoms with E-state index in [1.165, 1.54) is 0 Å². The zero-order chi connectivity index (χ0) is 23.3. The molecular formula is C26H23N3O4S. The molecule has 1 atom stereocenters. The highest BCUT2D eigenvalue weighted by molar-refractivity contribution is 8.00. The highest BCUT2D eigenvalue weighted by Crippen LogP contribution is 2.39. The number of hydrogen-bond donors (Lipinski definition) is 1. The Balaban J connectivity index is 1.24. The number of fused-ring (bicyclic) bond motifs is 1. The van der Waals surface area contributed by atoms with Crippen LogP contribution in [0.2, 0.25) is 0 Å². The Morgan fingerprint density at radius 2 is 1.82 bits per heavy atom. The number of rotatable bonds is 6. The zero-order valence-corrected chi connectivity index (χ0v) is 19.2. The summed E-state index contributed by atoms with van der Waals surface area (Å²) in [7, 11) is 0. The van der Waals surface area contributed by atoms with Crippen molar-refractivity contribution in [2.24, 2.45) is 5.10 Å². The molecule has 1 saturated heterocycles. The molecule has 0 saturated carbocycles. The first kappa shape index (κ1) is 22.0. The van der Waals surface area contributed by atoms with Gasteiger partial charge >= 0.3 is 0 Å². The Bertz CT molecular complexity index is 1210. The van der Waals surface area contributed by atoms with Crippen LogP contribution in [0.4, 0.5) is 0 Å². The molecule has 0 bridgehead atoms. The van der Waals surface area contributed by atoms with Gasteiger partial charge in [0.25, 0.3) is 5.91 Å². The molecule has 8 heteroatoms. The van der Waals surface area contributed by atoms with Crippen molar-refractivity contribution in [2.45, 2.75) is 11.9 Å². The monoisotopic (exact) mass is 473 g/mol. The quantitative estimate of drug-likeness (QED) is 0.433. The summed E-state index contributed by atoms with van der Waals surface area (Å²) >= 11 is 1.60. The molecule has 2 heterocycles. The molecule has 2 aliphatic heterocycles. The van der Waals surface area contributed by atoms with Gasteiger partial charge in [0, 0.05) is 17.7 Å². The van der Waals surface area contributed by atoms with Gasteiger partial charge in [0.2, 0.25) is 5.91 Å². The summed E-state index contributed by atoms with van der Waals surface area (Å²) in [6, 6.07) is 22.8. The second kappa shape index (κ2) is 10.0. The van der Waals surface area contributed by atoms with Crippen molar-refractivity contribution in [3.05, 3.63) is 95.1 Å². The van der Waals surface area contributed by atoms with Crippen LogP contribution < -0.4 is 14.9 Å². The van der Waals surface area contributed by atoms with Crippen molar-refractivity contribution < 1.29 is 19.1 Å². The van der Waals surface area contributed by atoms with Crippen molar-refractivity contribution in [2.75, 3.05) is 19.0 Å². The van der Waals surface area contributed by atoms with E-state index in [0.29, 0.717) is 42.6 Å². The largest absolute Gasteiger partial charge is 0.486 e. The normalized spacial score (nSPS) is 17.2. The number of carbonyl (C=O) groups excluding carboxylic acids is 2. The molecule has 3 aromatic carbocycles. The number of amides is 2. The smallest absolute Gasteiger partial charge is 0.271 e. The number of hydrazone groups is 1. The van der Waals surface area contributed by atoms with Crippen LogP contribution in [0.15, 0.2) is 77.9 Å². The third-order valence-corrected chi connectivity index (χ3v) is 6.84. The molecule has 0 aromatic heterocycles. The molecule has 3 aromatic rings. The fourth-order valence-corrected chi connectivity index (χ4v) is 5.09. The van der Waals surface area contributed by atoms with E-state index in [1.54, 1.807) is 30.1 Å². The van der Waals surface area contributed by atoms with Crippen LogP contribution in [0.25, 0.3) is 0 Å². The average Bonchev–Trinajstić information content (AvgIpc) is 3.24. The molecule has 5 rings (SSSR count). The topological polar surface area (TPSA) is 80.2 Å². The molecule has 0 aliphatic carbocycles. The number of hydrogen-bond acceptors (Lipinski definition) is 6. The lowest BCUT2D eigenvalue weighted by molar-refractivity contribution is -0.128. The zero-order valence-electron chi connectivity index (χ0n) is 18.3. The molecular weight excluding hydrogens is 450 g/mol. The van der Waals surface area contributed by atoms with Gasteiger partial charge in [-0.2, -0.15) is 5.10 Å². The number of nitrogens with zero attached hydrogens (tertiary/aromatic N) is 2. The van der Waals surface area contributed by atoms with E-state index in [4.69, 9.17) is 9.47 Å². The third-order valence-electron chi connectivity index (χ3n) is 5.59. The number of nitrogens with one attached hydrogen (secondary N) is 1. The second-order valence-electron chi connectivity index (χ2n) is 7.86. The van der Waals surface area contributed by atoms with Crippen molar-refractivity contribution >= 4 is 29.8 Å². The fraction of sp³-hybridized carbons (Fsp3) is 0.192. The van der Waals surface area contributed by atoms with Crippen LogP contribution >= 0.6 is 11.8 Å². The van der Waals surface area contributed by atoms with Crippen LogP contribution in [0.3, 0.4) is 0 Å². The van der Waals surface area contributed by atoms with E-state index in [9.17, 15) is 9.59 Å². The summed E-state index contributed by atoms with van der Waals surface area (Å²) in [5, 5.41) is 4.00. The second-order valence-corrected chi connectivity index (χ2v) is 8.93. The van der Waals surface area contributed by atoms with E-state index in [0.717, 1.165) is 16.7 Å². The minimum Gasteiger partial charge on any atom is -0.486 e. The minimum absolute atomic E-state index is 0.0747. The fourth-order valence-electron chi connectivity index (χ4n) is 3.90. The SMILES string of the molecule is O=C(N/N=C/c1cccc2c1OCCO2)c1ccc(C2SCC(=O)N2Cc2ccccc2)cc1. The Labute approximate surface area is 201 Å². The molecule has 0 radical (unpaired) electrons.